The topological polar surface area (TPSA) is 46.6 Å². The molecular formula is C20H25NO3S. The number of rotatable bonds is 5. The summed E-state index contributed by atoms with van der Waals surface area (Å²) in [4.78, 5) is 0.354. The molecule has 1 saturated heterocycles. The summed E-state index contributed by atoms with van der Waals surface area (Å²) in [5.41, 5.74) is 2.16. The quantitative estimate of drug-likeness (QED) is 0.819. The van der Waals surface area contributed by atoms with Crippen molar-refractivity contribution < 1.29 is 13.2 Å². The summed E-state index contributed by atoms with van der Waals surface area (Å²) in [6.45, 7) is 3.04. The molecule has 0 atom stereocenters. The van der Waals surface area contributed by atoms with Crippen LogP contribution in [0, 0.1) is 12.8 Å². The average molecular weight is 359 g/mol. The first kappa shape index (κ1) is 18.0. The fourth-order valence-electron chi connectivity index (χ4n) is 3.46. The number of aryl methyl sites for hydroxylation is 1. The lowest BCUT2D eigenvalue weighted by Gasteiger charge is -2.31. The van der Waals surface area contributed by atoms with Crippen LogP contribution in [0.4, 0.5) is 0 Å². The van der Waals surface area contributed by atoms with Crippen molar-refractivity contribution in [3.8, 4) is 5.75 Å². The van der Waals surface area contributed by atoms with E-state index in [1.54, 1.807) is 29.6 Å². The van der Waals surface area contributed by atoms with Crippen LogP contribution in [0.3, 0.4) is 0 Å². The number of hydrogen-bond acceptors (Lipinski definition) is 3. The van der Waals surface area contributed by atoms with E-state index in [4.69, 9.17) is 4.74 Å². The number of piperidine rings is 1. The van der Waals surface area contributed by atoms with Gasteiger partial charge in [0, 0.05) is 13.1 Å². The molecule has 0 radical (unpaired) electrons. The van der Waals surface area contributed by atoms with Gasteiger partial charge >= 0.3 is 0 Å². The van der Waals surface area contributed by atoms with Gasteiger partial charge in [-0.1, -0.05) is 30.3 Å². The molecule has 5 heteroatoms. The highest BCUT2D eigenvalue weighted by atomic mass is 32.2. The summed E-state index contributed by atoms with van der Waals surface area (Å²) in [6, 6.07) is 15.5. The molecule has 134 valence electrons. The van der Waals surface area contributed by atoms with E-state index in [9.17, 15) is 8.42 Å². The highest BCUT2D eigenvalue weighted by molar-refractivity contribution is 7.89. The Morgan fingerprint density at radius 3 is 2.36 bits per heavy atom. The van der Waals surface area contributed by atoms with Crippen LogP contribution in [0.2, 0.25) is 0 Å². The Morgan fingerprint density at radius 1 is 1.08 bits per heavy atom. The molecule has 2 aromatic carbocycles. The molecule has 3 rings (SSSR count). The van der Waals surface area contributed by atoms with Gasteiger partial charge in [0.1, 0.15) is 5.75 Å². The van der Waals surface area contributed by atoms with E-state index in [1.165, 1.54) is 5.56 Å². The van der Waals surface area contributed by atoms with E-state index in [0.717, 1.165) is 24.8 Å². The third-order valence-corrected chi connectivity index (χ3v) is 6.84. The van der Waals surface area contributed by atoms with Crippen LogP contribution in [-0.4, -0.2) is 32.9 Å². The molecular weight excluding hydrogens is 334 g/mol. The van der Waals surface area contributed by atoms with Crippen LogP contribution < -0.4 is 4.74 Å². The first-order valence-electron chi connectivity index (χ1n) is 8.69. The zero-order chi connectivity index (χ0) is 17.9. The lowest BCUT2D eigenvalue weighted by atomic mass is 9.91. The molecule has 0 spiro atoms. The molecule has 1 aliphatic rings. The SMILES string of the molecule is COc1ccc(S(=O)(=O)N2CCC(Cc3ccccc3)CC2)cc1C. The molecule has 1 fully saturated rings. The number of benzene rings is 2. The van der Waals surface area contributed by atoms with Crippen molar-refractivity contribution >= 4 is 10.0 Å². The maximum absolute atomic E-state index is 12.9. The smallest absolute Gasteiger partial charge is 0.243 e. The van der Waals surface area contributed by atoms with Gasteiger partial charge < -0.3 is 4.74 Å². The van der Waals surface area contributed by atoms with Crippen molar-refractivity contribution in [1.82, 2.24) is 4.31 Å². The van der Waals surface area contributed by atoms with Gasteiger partial charge in [0.15, 0.2) is 0 Å². The number of nitrogens with zero attached hydrogens (tertiary/aromatic N) is 1. The number of methoxy groups -OCH3 is 1. The van der Waals surface area contributed by atoms with Gasteiger partial charge in [-0.25, -0.2) is 8.42 Å². The van der Waals surface area contributed by atoms with E-state index in [1.807, 2.05) is 13.0 Å². The van der Waals surface area contributed by atoms with Crippen LogP contribution in [0.1, 0.15) is 24.0 Å². The molecule has 2 aromatic rings. The fraction of sp³-hybridized carbons (Fsp3) is 0.400. The minimum Gasteiger partial charge on any atom is -0.496 e. The molecule has 0 saturated carbocycles. The van der Waals surface area contributed by atoms with Crippen LogP contribution >= 0.6 is 0 Å². The van der Waals surface area contributed by atoms with Gasteiger partial charge in [-0.05, 0) is 61.4 Å². The van der Waals surface area contributed by atoms with Crippen molar-refractivity contribution in [2.45, 2.75) is 31.1 Å². The predicted molar refractivity (Wildman–Crippen MR) is 99.4 cm³/mol. The fourth-order valence-corrected chi connectivity index (χ4v) is 5.02. The van der Waals surface area contributed by atoms with E-state index in [0.29, 0.717) is 29.7 Å². The van der Waals surface area contributed by atoms with Crippen LogP contribution in [0.15, 0.2) is 53.4 Å². The average Bonchev–Trinajstić information content (AvgIpc) is 2.63. The molecule has 1 heterocycles. The summed E-state index contributed by atoms with van der Waals surface area (Å²) >= 11 is 0. The highest BCUT2D eigenvalue weighted by Crippen LogP contribution is 2.28. The Labute approximate surface area is 150 Å². The molecule has 1 aliphatic heterocycles. The van der Waals surface area contributed by atoms with Crippen LogP contribution in [-0.2, 0) is 16.4 Å². The Kier molecular flexibility index (Phi) is 5.45. The van der Waals surface area contributed by atoms with Crippen molar-refractivity contribution in [2.75, 3.05) is 20.2 Å². The highest BCUT2D eigenvalue weighted by Gasteiger charge is 2.29. The van der Waals surface area contributed by atoms with E-state index in [-0.39, 0.29) is 0 Å². The monoisotopic (exact) mass is 359 g/mol. The molecule has 0 unspecified atom stereocenters. The molecule has 4 nitrogen and oxygen atoms in total. The Balaban J connectivity index is 1.66. The Morgan fingerprint density at radius 2 is 1.76 bits per heavy atom. The maximum Gasteiger partial charge on any atom is 0.243 e. The third-order valence-electron chi connectivity index (χ3n) is 4.94. The number of hydrogen-bond donors (Lipinski definition) is 0. The Bertz CT molecular complexity index is 810. The van der Waals surface area contributed by atoms with Gasteiger partial charge in [-0.2, -0.15) is 4.31 Å². The summed E-state index contributed by atoms with van der Waals surface area (Å²) in [6.07, 6.45) is 2.84. The second kappa shape index (κ2) is 7.58. The normalized spacial score (nSPS) is 16.7. The van der Waals surface area contributed by atoms with Gasteiger partial charge in [-0.3, -0.25) is 0 Å². The van der Waals surface area contributed by atoms with E-state index in [2.05, 4.69) is 24.3 Å². The standard InChI is InChI=1S/C20H25NO3S/c1-16-14-19(8-9-20(16)24-2)25(22,23)21-12-10-18(11-13-21)15-17-6-4-3-5-7-17/h3-9,14,18H,10-13,15H2,1-2H3. The third kappa shape index (κ3) is 4.05. The van der Waals surface area contributed by atoms with Gasteiger partial charge in [0.25, 0.3) is 0 Å². The van der Waals surface area contributed by atoms with E-state index < -0.39 is 10.0 Å². The van der Waals surface area contributed by atoms with E-state index >= 15 is 0 Å². The molecule has 0 aromatic heterocycles. The summed E-state index contributed by atoms with van der Waals surface area (Å²) in [5, 5.41) is 0. The minimum absolute atomic E-state index is 0.354. The lowest BCUT2D eigenvalue weighted by Crippen LogP contribution is -2.38. The molecule has 0 amide bonds. The summed E-state index contributed by atoms with van der Waals surface area (Å²) in [5.74, 6) is 1.26. The number of ether oxygens (including phenoxy) is 1. The largest absolute Gasteiger partial charge is 0.496 e. The molecule has 0 N–H and O–H groups in total. The predicted octanol–water partition coefficient (Wildman–Crippen LogP) is 3.65. The zero-order valence-corrected chi connectivity index (χ0v) is 15.6. The van der Waals surface area contributed by atoms with Crippen molar-refractivity contribution in [2.24, 2.45) is 5.92 Å². The van der Waals surface area contributed by atoms with Crippen molar-refractivity contribution in [3.05, 3.63) is 59.7 Å². The molecule has 0 bridgehead atoms. The van der Waals surface area contributed by atoms with Crippen LogP contribution in [0.5, 0.6) is 5.75 Å². The summed E-state index contributed by atoms with van der Waals surface area (Å²) < 4.78 is 32.6. The first-order chi connectivity index (χ1) is 12.0. The second-order valence-corrected chi connectivity index (χ2v) is 8.61. The van der Waals surface area contributed by atoms with Gasteiger partial charge in [0.2, 0.25) is 10.0 Å². The van der Waals surface area contributed by atoms with Crippen molar-refractivity contribution in [1.29, 1.82) is 0 Å². The molecule has 25 heavy (non-hydrogen) atoms. The molecule has 0 aliphatic carbocycles. The number of sulfonamides is 1. The lowest BCUT2D eigenvalue weighted by molar-refractivity contribution is 0.273. The van der Waals surface area contributed by atoms with Crippen molar-refractivity contribution in [3.63, 3.8) is 0 Å². The van der Waals surface area contributed by atoms with Gasteiger partial charge in [0.05, 0.1) is 12.0 Å². The minimum atomic E-state index is -3.43. The van der Waals surface area contributed by atoms with Crippen LogP contribution in [0.25, 0.3) is 0 Å². The maximum atomic E-state index is 12.9. The summed E-state index contributed by atoms with van der Waals surface area (Å²) in [7, 11) is -1.84. The first-order valence-corrected chi connectivity index (χ1v) is 10.1. The second-order valence-electron chi connectivity index (χ2n) is 6.67. The zero-order valence-electron chi connectivity index (χ0n) is 14.8. The van der Waals surface area contributed by atoms with Gasteiger partial charge in [-0.15, -0.1) is 0 Å². The Hall–Kier alpha value is -1.85.